The van der Waals surface area contributed by atoms with Crippen LogP contribution in [0.4, 0.5) is 0 Å². The van der Waals surface area contributed by atoms with Crippen molar-refractivity contribution in [2.75, 3.05) is 6.61 Å². The van der Waals surface area contributed by atoms with Crippen molar-refractivity contribution in [3.63, 3.8) is 0 Å². The van der Waals surface area contributed by atoms with Crippen LogP contribution in [0.15, 0.2) is 6.07 Å². The van der Waals surface area contributed by atoms with Crippen LogP contribution in [0.2, 0.25) is 5.15 Å². The smallest absolute Gasteiger partial charge is 0.323 e. The minimum absolute atomic E-state index is 0.0312. The number of hydrogen-bond acceptors (Lipinski definition) is 6. The SMILES string of the molecule is CCOC(=O)CC(=O)Oc1nnc(Cl)cc1C. The molecule has 0 spiro atoms. The molecule has 0 aromatic carbocycles. The largest absolute Gasteiger partial charge is 0.466 e. The summed E-state index contributed by atoms with van der Waals surface area (Å²) in [7, 11) is 0. The fraction of sp³-hybridized carbons (Fsp3) is 0.400. The summed E-state index contributed by atoms with van der Waals surface area (Å²) < 4.78 is 9.45. The third-order valence-electron chi connectivity index (χ3n) is 1.71. The van der Waals surface area contributed by atoms with Gasteiger partial charge < -0.3 is 9.47 Å². The van der Waals surface area contributed by atoms with Crippen molar-refractivity contribution >= 4 is 23.5 Å². The number of carbonyl (C=O) groups is 2. The molecule has 0 bridgehead atoms. The average Bonchev–Trinajstić information content (AvgIpc) is 2.22. The Balaban J connectivity index is 2.59. The first-order valence-electron chi connectivity index (χ1n) is 4.89. The Labute approximate surface area is 103 Å². The first-order chi connectivity index (χ1) is 8.02. The highest BCUT2D eigenvalue weighted by Gasteiger charge is 2.14. The fourth-order valence-electron chi connectivity index (χ4n) is 1.02. The van der Waals surface area contributed by atoms with Crippen LogP contribution in [0.3, 0.4) is 0 Å². The van der Waals surface area contributed by atoms with Gasteiger partial charge in [-0.05, 0) is 19.9 Å². The number of ether oxygens (including phenoxy) is 2. The number of rotatable bonds is 4. The molecule has 1 heterocycles. The zero-order valence-electron chi connectivity index (χ0n) is 9.40. The lowest BCUT2D eigenvalue weighted by molar-refractivity contribution is -0.149. The minimum Gasteiger partial charge on any atom is -0.466 e. The van der Waals surface area contributed by atoms with Crippen molar-refractivity contribution in [3.8, 4) is 5.88 Å². The van der Waals surface area contributed by atoms with Gasteiger partial charge in [-0.25, -0.2) is 0 Å². The van der Waals surface area contributed by atoms with Crippen LogP contribution < -0.4 is 4.74 Å². The van der Waals surface area contributed by atoms with Crippen LogP contribution in [0.5, 0.6) is 5.88 Å². The minimum atomic E-state index is -0.747. The van der Waals surface area contributed by atoms with Crippen LogP contribution in [0.1, 0.15) is 18.9 Å². The summed E-state index contributed by atoms with van der Waals surface area (Å²) >= 11 is 5.59. The van der Waals surface area contributed by atoms with Crippen molar-refractivity contribution in [3.05, 3.63) is 16.8 Å². The topological polar surface area (TPSA) is 78.4 Å². The second kappa shape index (κ2) is 6.15. The Morgan fingerprint density at radius 1 is 1.35 bits per heavy atom. The molecular formula is C10H11ClN2O4. The van der Waals surface area contributed by atoms with Crippen LogP contribution in [-0.2, 0) is 14.3 Å². The average molecular weight is 259 g/mol. The van der Waals surface area contributed by atoms with E-state index in [1.54, 1.807) is 13.8 Å². The second-order valence-corrected chi connectivity index (χ2v) is 3.50. The Kier molecular flexibility index (Phi) is 4.84. The molecule has 1 aromatic rings. The standard InChI is InChI=1S/C10H11ClN2O4/c1-3-16-8(14)5-9(15)17-10-6(2)4-7(11)12-13-10/h4H,3,5H2,1-2H3. The Hall–Kier alpha value is -1.69. The van der Waals surface area contributed by atoms with E-state index in [9.17, 15) is 9.59 Å². The number of aryl methyl sites for hydroxylation is 1. The molecule has 0 saturated carbocycles. The number of carbonyl (C=O) groups excluding carboxylic acids is 2. The van der Waals surface area contributed by atoms with Gasteiger partial charge in [0.1, 0.15) is 6.42 Å². The summed E-state index contributed by atoms with van der Waals surface area (Å²) in [6.45, 7) is 3.53. The van der Waals surface area contributed by atoms with E-state index in [1.165, 1.54) is 6.07 Å². The van der Waals surface area contributed by atoms with Crippen molar-refractivity contribution in [1.29, 1.82) is 0 Å². The van der Waals surface area contributed by atoms with Crippen LogP contribution in [-0.4, -0.2) is 28.7 Å². The molecular weight excluding hydrogens is 248 g/mol. The van der Waals surface area contributed by atoms with Crippen molar-refractivity contribution in [1.82, 2.24) is 10.2 Å². The van der Waals surface area contributed by atoms with Gasteiger partial charge in [0.2, 0.25) is 5.88 Å². The molecule has 1 aromatic heterocycles. The Morgan fingerprint density at radius 3 is 2.65 bits per heavy atom. The molecule has 1 rings (SSSR count). The lowest BCUT2D eigenvalue weighted by Crippen LogP contribution is -2.17. The third-order valence-corrected chi connectivity index (χ3v) is 1.90. The molecule has 7 heteroatoms. The van der Waals surface area contributed by atoms with Gasteiger partial charge in [0, 0.05) is 5.56 Å². The molecule has 6 nitrogen and oxygen atoms in total. The summed E-state index contributed by atoms with van der Waals surface area (Å²) in [5, 5.41) is 7.33. The van der Waals surface area contributed by atoms with Gasteiger partial charge in [0.25, 0.3) is 0 Å². The molecule has 0 N–H and O–H groups in total. The lowest BCUT2D eigenvalue weighted by Gasteiger charge is -2.05. The quantitative estimate of drug-likeness (QED) is 0.598. The molecule has 17 heavy (non-hydrogen) atoms. The summed E-state index contributed by atoms with van der Waals surface area (Å²) in [4.78, 5) is 22.3. The number of aromatic nitrogens is 2. The van der Waals surface area contributed by atoms with E-state index in [0.717, 1.165) is 0 Å². The maximum atomic E-state index is 11.3. The van der Waals surface area contributed by atoms with Gasteiger partial charge in [-0.3, -0.25) is 9.59 Å². The first-order valence-corrected chi connectivity index (χ1v) is 5.27. The predicted molar refractivity (Wildman–Crippen MR) is 58.7 cm³/mol. The van der Waals surface area contributed by atoms with Gasteiger partial charge in [-0.2, -0.15) is 0 Å². The molecule has 0 fully saturated rings. The fourth-order valence-corrected chi connectivity index (χ4v) is 1.22. The van der Waals surface area contributed by atoms with E-state index < -0.39 is 18.4 Å². The van der Waals surface area contributed by atoms with Crippen LogP contribution >= 0.6 is 11.6 Å². The molecule has 0 radical (unpaired) electrons. The normalized spacial score (nSPS) is 9.82. The second-order valence-electron chi connectivity index (χ2n) is 3.11. The van der Waals surface area contributed by atoms with E-state index in [1.807, 2.05) is 0 Å². The Bertz CT molecular complexity index is 436. The van der Waals surface area contributed by atoms with E-state index in [2.05, 4.69) is 14.9 Å². The zero-order chi connectivity index (χ0) is 12.8. The van der Waals surface area contributed by atoms with Crippen LogP contribution in [0, 0.1) is 6.92 Å². The van der Waals surface area contributed by atoms with Gasteiger partial charge >= 0.3 is 11.9 Å². The Morgan fingerprint density at radius 2 is 2.06 bits per heavy atom. The number of hydrogen-bond donors (Lipinski definition) is 0. The van der Waals surface area contributed by atoms with Crippen LogP contribution in [0.25, 0.3) is 0 Å². The predicted octanol–water partition coefficient (Wildman–Crippen LogP) is 1.30. The number of nitrogens with zero attached hydrogens (tertiary/aromatic N) is 2. The highest BCUT2D eigenvalue weighted by atomic mass is 35.5. The van der Waals surface area contributed by atoms with E-state index in [-0.39, 0.29) is 17.6 Å². The van der Waals surface area contributed by atoms with E-state index in [0.29, 0.717) is 5.56 Å². The monoisotopic (exact) mass is 258 g/mol. The molecule has 0 aliphatic carbocycles. The molecule has 92 valence electrons. The molecule has 0 unspecified atom stereocenters. The van der Waals surface area contributed by atoms with Crippen molar-refractivity contribution in [2.45, 2.75) is 20.3 Å². The van der Waals surface area contributed by atoms with Gasteiger partial charge in [0.05, 0.1) is 6.61 Å². The number of esters is 2. The number of halogens is 1. The van der Waals surface area contributed by atoms with E-state index >= 15 is 0 Å². The third kappa shape index (κ3) is 4.36. The molecule has 0 aliphatic heterocycles. The summed E-state index contributed by atoms with van der Waals surface area (Å²) in [6, 6.07) is 1.50. The summed E-state index contributed by atoms with van der Waals surface area (Å²) in [5.74, 6) is -1.36. The zero-order valence-corrected chi connectivity index (χ0v) is 10.2. The molecule has 0 aliphatic rings. The lowest BCUT2D eigenvalue weighted by atomic mass is 10.3. The van der Waals surface area contributed by atoms with Gasteiger partial charge in [0.15, 0.2) is 5.15 Å². The molecule has 0 saturated heterocycles. The highest BCUT2D eigenvalue weighted by Crippen LogP contribution is 2.16. The maximum absolute atomic E-state index is 11.3. The highest BCUT2D eigenvalue weighted by molar-refractivity contribution is 6.29. The molecule has 0 amide bonds. The van der Waals surface area contributed by atoms with Crippen molar-refractivity contribution in [2.24, 2.45) is 0 Å². The van der Waals surface area contributed by atoms with Gasteiger partial charge in [-0.1, -0.05) is 11.6 Å². The molecule has 0 atom stereocenters. The first kappa shape index (κ1) is 13.4. The maximum Gasteiger partial charge on any atom is 0.323 e. The van der Waals surface area contributed by atoms with E-state index in [4.69, 9.17) is 16.3 Å². The van der Waals surface area contributed by atoms with Gasteiger partial charge in [-0.15, -0.1) is 10.2 Å². The summed E-state index contributed by atoms with van der Waals surface area (Å²) in [6.07, 6.45) is -0.461. The van der Waals surface area contributed by atoms with Crippen molar-refractivity contribution < 1.29 is 19.1 Å². The summed E-state index contributed by atoms with van der Waals surface area (Å²) in [5.41, 5.74) is 0.558.